The van der Waals surface area contributed by atoms with Crippen LogP contribution in [0.4, 0.5) is 8.78 Å². The summed E-state index contributed by atoms with van der Waals surface area (Å²) in [5.41, 5.74) is 7.14. The topological polar surface area (TPSA) is 38.9 Å². The molecule has 0 spiro atoms. The molecule has 0 unspecified atom stereocenters. The molecule has 19 heavy (non-hydrogen) atoms. The van der Waals surface area contributed by atoms with Gasteiger partial charge < -0.3 is 5.73 Å². The van der Waals surface area contributed by atoms with Gasteiger partial charge in [-0.3, -0.25) is 0 Å². The van der Waals surface area contributed by atoms with Gasteiger partial charge in [0.05, 0.1) is 11.2 Å². The van der Waals surface area contributed by atoms with E-state index in [-0.39, 0.29) is 24.3 Å². The lowest BCUT2D eigenvalue weighted by atomic mass is 9.85. The van der Waals surface area contributed by atoms with Crippen LogP contribution in [-0.2, 0) is 5.54 Å². The molecule has 5 heteroatoms. The lowest BCUT2D eigenvalue weighted by molar-refractivity contribution is -0.0384. The zero-order valence-corrected chi connectivity index (χ0v) is 11.8. The van der Waals surface area contributed by atoms with Gasteiger partial charge in [-0.2, -0.15) is 0 Å². The number of halogens is 2. The first kappa shape index (κ1) is 13.4. The van der Waals surface area contributed by atoms with Crippen molar-refractivity contribution < 1.29 is 8.78 Å². The number of nitrogens with two attached hydrogens (primary N) is 1. The number of nitrogens with zero attached hydrogens (tertiary/aromatic N) is 1. The SMILES string of the molecule is NC1(c2nc(C3CCC(F)(F)CC3)cs2)CCCC1. The summed E-state index contributed by atoms with van der Waals surface area (Å²) in [5, 5.41) is 3.05. The van der Waals surface area contributed by atoms with Crippen LogP contribution in [0, 0.1) is 0 Å². The van der Waals surface area contributed by atoms with Gasteiger partial charge in [0, 0.05) is 24.1 Å². The second kappa shape index (κ2) is 4.77. The lowest BCUT2D eigenvalue weighted by Gasteiger charge is -2.27. The van der Waals surface area contributed by atoms with Gasteiger partial charge in [-0.25, -0.2) is 13.8 Å². The number of thiazole rings is 1. The van der Waals surface area contributed by atoms with Crippen molar-refractivity contribution in [2.24, 2.45) is 5.73 Å². The van der Waals surface area contributed by atoms with Gasteiger partial charge in [0.15, 0.2) is 0 Å². The third kappa shape index (κ3) is 2.68. The van der Waals surface area contributed by atoms with Crippen molar-refractivity contribution >= 4 is 11.3 Å². The van der Waals surface area contributed by atoms with Crippen LogP contribution in [0.5, 0.6) is 0 Å². The van der Waals surface area contributed by atoms with Gasteiger partial charge in [-0.05, 0) is 25.7 Å². The fourth-order valence-corrected chi connectivity index (χ4v) is 4.33. The maximum atomic E-state index is 13.2. The predicted octanol–water partition coefficient (Wildman–Crippen LogP) is 4.16. The van der Waals surface area contributed by atoms with Crippen LogP contribution in [0.1, 0.15) is 68.0 Å². The molecule has 2 fully saturated rings. The van der Waals surface area contributed by atoms with E-state index in [1.165, 1.54) is 12.8 Å². The monoisotopic (exact) mass is 286 g/mol. The molecule has 0 saturated heterocycles. The van der Waals surface area contributed by atoms with Crippen LogP contribution in [0.25, 0.3) is 0 Å². The Balaban J connectivity index is 1.72. The van der Waals surface area contributed by atoms with Gasteiger partial charge in [0.2, 0.25) is 5.92 Å². The van der Waals surface area contributed by atoms with Crippen LogP contribution in [0.3, 0.4) is 0 Å². The standard InChI is InChI=1S/C14H20F2N2S/c15-14(16)7-3-10(4-8-14)11-9-19-12(18-11)13(17)5-1-2-6-13/h9-10H,1-8,17H2. The molecule has 0 radical (unpaired) electrons. The Kier molecular flexibility index (Phi) is 3.38. The summed E-state index contributed by atoms with van der Waals surface area (Å²) in [7, 11) is 0. The van der Waals surface area contributed by atoms with Crippen molar-refractivity contribution in [3.05, 3.63) is 16.1 Å². The number of aromatic nitrogens is 1. The zero-order chi connectivity index (χ0) is 13.5. The molecule has 0 atom stereocenters. The summed E-state index contributed by atoms with van der Waals surface area (Å²) in [5.74, 6) is -2.26. The van der Waals surface area contributed by atoms with Crippen molar-refractivity contribution in [2.75, 3.05) is 0 Å². The molecule has 1 aromatic heterocycles. The maximum Gasteiger partial charge on any atom is 0.248 e. The van der Waals surface area contributed by atoms with Crippen molar-refractivity contribution in [3.63, 3.8) is 0 Å². The summed E-state index contributed by atoms with van der Waals surface area (Å²) in [4.78, 5) is 4.68. The van der Waals surface area contributed by atoms with Crippen molar-refractivity contribution in [1.29, 1.82) is 0 Å². The Hall–Kier alpha value is -0.550. The van der Waals surface area contributed by atoms with Crippen LogP contribution in [0.2, 0.25) is 0 Å². The number of alkyl halides is 2. The Morgan fingerprint density at radius 3 is 2.42 bits per heavy atom. The molecular formula is C14H20F2N2S. The molecule has 2 aliphatic rings. The third-order valence-corrected chi connectivity index (χ3v) is 5.66. The normalized spacial score (nSPS) is 26.7. The number of hydrogen-bond donors (Lipinski definition) is 1. The number of hydrogen-bond acceptors (Lipinski definition) is 3. The molecule has 1 aromatic rings. The van der Waals surface area contributed by atoms with Gasteiger partial charge in [0.1, 0.15) is 5.01 Å². The fourth-order valence-electron chi connectivity index (χ4n) is 3.26. The maximum absolute atomic E-state index is 13.2. The van der Waals surface area contributed by atoms with E-state index in [0.29, 0.717) is 12.8 Å². The van der Waals surface area contributed by atoms with E-state index in [2.05, 4.69) is 4.98 Å². The van der Waals surface area contributed by atoms with Gasteiger partial charge in [0.25, 0.3) is 0 Å². The molecule has 2 aliphatic carbocycles. The minimum atomic E-state index is -2.46. The smallest absolute Gasteiger partial charge is 0.248 e. The molecule has 2 nitrogen and oxygen atoms in total. The molecule has 1 heterocycles. The van der Waals surface area contributed by atoms with E-state index in [1.807, 2.05) is 5.38 Å². The molecule has 2 saturated carbocycles. The van der Waals surface area contributed by atoms with E-state index >= 15 is 0 Å². The Morgan fingerprint density at radius 2 is 1.79 bits per heavy atom. The zero-order valence-electron chi connectivity index (χ0n) is 11.0. The molecule has 0 aliphatic heterocycles. The summed E-state index contributed by atoms with van der Waals surface area (Å²) in [6.45, 7) is 0. The molecule has 0 amide bonds. The largest absolute Gasteiger partial charge is 0.319 e. The molecule has 106 valence electrons. The van der Waals surface area contributed by atoms with Crippen LogP contribution in [0.15, 0.2) is 5.38 Å². The average molecular weight is 286 g/mol. The molecular weight excluding hydrogens is 266 g/mol. The highest BCUT2D eigenvalue weighted by Gasteiger charge is 2.38. The first-order valence-electron chi connectivity index (χ1n) is 7.11. The quantitative estimate of drug-likeness (QED) is 0.886. The van der Waals surface area contributed by atoms with Gasteiger partial charge in [-0.1, -0.05) is 12.8 Å². The highest BCUT2D eigenvalue weighted by Crippen LogP contribution is 2.43. The van der Waals surface area contributed by atoms with E-state index < -0.39 is 5.92 Å². The molecule has 0 bridgehead atoms. The van der Waals surface area contributed by atoms with Crippen molar-refractivity contribution in [1.82, 2.24) is 4.98 Å². The van der Waals surface area contributed by atoms with E-state index in [9.17, 15) is 8.78 Å². The van der Waals surface area contributed by atoms with Crippen LogP contribution in [-0.4, -0.2) is 10.9 Å². The highest BCUT2D eigenvalue weighted by molar-refractivity contribution is 7.09. The average Bonchev–Trinajstić information content (AvgIpc) is 2.98. The summed E-state index contributed by atoms with van der Waals surface area (Å²) >= 11 is 1.62. The Morgan fingerprint density at radius 1 is 1.16 bits per heavy atom. The summed E-state index contributed by atoms with van der Waals surface area (Å²) in [6.07, 6.45) is 5.44. The van der Waals surface area contributed by atoms with Gasteiger partial charge >= 0.3 is 0 Å². The van der Waals surface area contributed by atoms with E-state index in [0.717, 1.165) is 23.5 Å². The Labute approximate surface area is 116 Å². The Bertz CT molecular complexity index is 442. The minimum Gasteiger partial charge on any atom is -0.319 e. The predicted molar refractivity (Wildman–Crippen MR) is 72.6 cm³/mol. The van der Waals surface area contributed by atoms with Crippen LogP contribution >= 0.6 is 11.3 Å². The molecule has 0 aromatic carbocycles. The van der Waals surface area contributed by atoms with E-state index in [4.69, 9.17) is 5.73 Å². The molecule has 2 N–H and O–H groups in total. The fraction of sp³-hybridized carbons (Fsp3) is 0.786. The highest BCUT2D eigenvalue weighted by atomic mass is 32.1. The number of rotatable bonds is 2. The second-order valence-electron chi connectivity index (χ2n) is 6.07. The third-order valence-electron chi connectivity index (χ3n) is 4.58. The van der Waals surface area contributed by atoms with Gasteiger partial charge in [-0.15, -0.1) is 11.3 Å². The second-order valence-corrected chi connectivity index (χ2v) is 6.93. The van der Waals surface area contributed by atoms with Crippen LogP contribution < -0.4 is 5.73 Å². The van der Waals surface area contributed by atoms with Crippen molar-refractivity contribution in [3.8, 4) is 0 Å². The minimum absolute atomic E-state index is 0.00169. The van der Waals surface area contributed by atoms with E-state index in [1.54, 1.807) is 11.3 Å². The molecule has 3 rings (SSSR count). The summed E-state index contributed by atoms with van der Waals surface area (Å²) in [6, 6.07) is 0. The first-order valence-corrected chi connectivity index (χ1v) is 7.99. The first-order chi connectivity index (χ1) is 8.99. The van der Waals surface area contributed by atoms with Crippen molar-refractivity contribution in [2.45, 2.75) is 68.7 Å². The summed E-state index contributed by atoms with van der Waals surface area (Å²) < 4.78 is 26.3. The lowest BCUT2D eigenvalue weighted by Crippen LogP contribution is -2.33.